The molecule has 3 heterocycles. The van der Waals surface area contributed by atoms with Crippen LogP contribution in [0, 0.1) is 0 Å². The molecule has 2 aliphatic rings. The highest BCUT2D eigenvalue weighted by molar-refractivity contribution is 5.31. The molecule has 4 rings (SSSR count). The first-order valence-electron chi connectivity index (χ1n) is 7.44. The van der Waals surface area contributed by atoms with E-state index in [9.17, 15) is 0 Å². The zero-order valence-corrected chi connectivity index (χ0v) is 11.6. The summed E-state index contributed by atoms with van der Waals surface area (Å²) in [5, 5.41) is 3.54. The van der Waals surface area contributed by atoms with Gasteiger partial charge in [-0.3, -0.25) is 4.90 Å². The topological polar surface area (TPSA) is 33.1 Å². The fourth-order valence-electron chi connectivity index (χ4n) is 3.48. The van der Waals surface area contributed by atoms with Gasteiger partial charge in [0.2, 0.25) is 0 Å². The van der Waals surface area contributed by atoms with Gasteiger partial charge in [0.15, 0.2) is 0 Å². The maximum absolute atomic E-state index is 4.49. The van der Waals surface area contributed by atoms with Gasteiger partial charge in [-0.05, 0) is 24.1 Å². The molecule has 0 saturated heterocycles. The van der Waals surface area contributed by atoms with E-state index in [0.717, 1.165) is 32.7 Å². The molecule has 1 aromatic carbocycles. The van der Waals surface area contributed by atoms with E-state index in [-0.39, 0.29) is 0 Å². The standard InChI is InChI=1S/C16H20N4/c1-2-4-14-13(3-1)11-17-6-5-15(14)20-10-9-19-8-7-18-16(19)12-20/h1-4,7-8,15,17H,5-6,9-12H2. The first-order valence-corrected chi connectivity index (χ1v) is 7.44. The Morgan fingerprint density at radius 3 is 3.15 bits per heavy atom. The zero-order chi connectivity index (χ0) is 13.4. The summed E-state index contributed by atoms with van der Waals surface area (Å²) >= 11 is 0. The first kappa shape index (κ1) is 12.1. The van der Waals surface area contributed by atoms with Crippen molar-refractivity contribution in [2.24, 2.45) is 0 Å². The van der Waals surface area contributed by atoms with E-state index in [1.54, 1.807) is 0 Å². The zero-order valence-electron chi connectivity index (χ0n) is 11.6. The van der Waals surface area contributed by atoms with Crippen molar-refractivity contribution in [3.8, 4) is 0 Å². The van der Waals surface area contributed by atoms with Crippen LogP contribution in [-0.4, -0.2) is 27.5 Å². The quantitative estimate of drug-likeness (QED) is 0.858. The molecule has 0 amide bonds. The van der Waals surface area contributed by atoms with Crippen molar-refractivity contribution in [1.82, 2.24) is 19.8 Å². The van der Waals surface area contributed by atoms with Crippen LogP contribution in [0.15, 0.2) is 36.7 Å². The number of rotatable bonds is 1. The molecule has 20 heavy (non-hydrogen) atoms. The van der Waals surface area contributed by atoms with Gasteiger partial charge in [0.05, 0.1) is 6.54 Å². The van der Waals surface area contributed by atoms with E-state index in [0.29, 0.717) is 6.04 Å². The number of nitrogens with one attached hydrogen (secondary N) is 1. The molecule has 4 nitrogen and oxygen atoms in total. The van der Waals surface area contributed by atoms with E-state index >= 15 is 0 Å². The lowest BCUT2D eigenvalue weighted by Crippen LogP contribution is -2.37. The summed E-state index contributed by atoms with van der Waals surface area (Å²) in [5.74, 6) is 1.20. The highest BCUT2D eigenvalue weighted by Gasteiger charge is 2.27. The number of fused-ring (bicyclic) bond motifs is 2. The molecular formula is C16H20N4. The van der Waals surface area contributed by atoms with Gasteiger partial charge in [-0.15, -0.1) is 0 Å². The summed E-state index contributed by atoms with van der Waals surface area (Å²) in [4.78, 5) is 7.08. The molecule has 1 atom stereocenters. The van der Waals surface area contributed by atoms with Crippen molar-refractivity contribution >= 4 is 0 Å². The largest absolute Gasteiger partial charge is 0.333 e. The fourth-order valence-corrected chi connectivity index (χ4v) is 3.48. The molecular weight excluding hydrogens is 248 g/mol. The van der Waals surface area contributed by atoms with Crippen molar-refractivity contribution in [2.45, 2.75) is 32.1 Å². The summed E-state index contributed by atoms with van der Waals surface area (Å²) in [6, 6.07) is 9.39. The molecule has 0 saturated carbocycles. The average Bonchev–Trinajstić information content (AvgIpc) is 2.85. The second kappa shape index (κ2) is 5.04. The molecule has 2 aromatic rings. The van der Waals surface area contributed by atoms with Gasteiger partial charge in [0.1, 0.15) is 5.82 Å². The predicted octanol–water partition coefficient (Wildman–Crippen LogP) is 1.93. The molecule has 4 heteroatoms. The van der Waals surface area contributed by atoms with E-state index in [1.807, 2.05) is 6.20 Å². The highest BCUT2D eigenvalue weighted by atomic mass is 15.3. The second-order valence-electron chi connectivity index (χ2n) is 5.69. The molecule has 1 N–H and O–H groups in total. The minimum atomic E-state index is 0.520. The van der Waals surface area contributed by atoms with Gasteiger partial charge >= 0.3 is 0 Å². The summed E-state index contributed by atoms with van der Waals surface area (Å²) < 4.78 is 2.28. The first-order chi connectivity index (χ1) is 9.92. The van der Waals surface area contributed by atoms with Crippen molar-refractivity contribution in [3.05, 3.63) is 53.6 Å². The molecule has 0 spiro atoms. The summed E-state index contributed by atoms with van der Waals surface area (Å²) in [7, 11) is 0. The van der Waals surface area contributed by atoms with Crippen LogP contribution in [0.4, 0.5) is 0 Å². The molecule has 0 bridgehead atoms. The van der Waals surface area contributed by atoms with Crippen molar-refractivity contribution in [2.75, 3.05) is 13.1 Å². The van der Waals surface area contributed by atoms with Gasteiger partial charge in [0, 0.05) is 38.1 Å². The van der Waals surface area contributed by atoms with Crippen LogP contribution in [0.2, 0.25) is 0 Å². The molecule has 104 valence electrons. The van der Waals surface area contributed by atoms with Crippen molar-refractivity contribution < 1.29 is 0 Å². The minimum Gasteiger partial charge on any atom is -0.333 e. The Bertz CT molecular complexity index is 604. The molecule has 0 aliphatic carbocycles. The predicted molar refractivity (Wildman–Crippen MR) is 78.1 cm³/mol. The molecule has 1 aromatic heterocycles. The smallest absolute Gasteiger partial charge is 0.122 e. The Hall–Kier alpha value is -1.65. The van der Waals surface area contributed by atoms with Gasteiger partial charge in [-0.1, -0.05) is 24.3 Å². The minimum absolute atomic E-state index is 0.520. The Morgan fingerprint density at radius 1 is 1.20 bits per heavy atom. The van der Waals surface area contributed by atoms with Crippen LogP contribution in [0.3, 0.4) is 0 Å². The number of benzene rings is 1. The van der Waals surface area contributed by atoms with E-state index in [4.69, 9.17) is 0 Å². The third-order valence-corrected chi connectivity index (χ3v) is 4.54. The summed E-state index contributed by atoms with van der Waals surface area (Å²) in [6.07, 6.45) is 5.19. The van der Waals surface area contributed by atoms with E-state index < -0.39 is 0 Å². The monoisotopic (exact) mass is 268 g/mol. The lowest BCUT2D eigenvalue weighted by molar-refractivity contribution is 0.146. The van der Waals surface area contributed by atoms with Crippen molar-refractivity contribution in [3.63, 3.8) is 0 Å². The maximum Gasteiger partial charge on any atom is 0.122 e. The number of imidazole rings is 1. The van der Waals surface area contributed by atoms with Gasteiger partial charge in [0.25, 0.3) is 0 Å². The highest BCUT2D eigenvalue weighted by Crippen LogP contribution is 2.31. The molecule has 1 unspecified atom stereocenters. The van der Waals surface area contributed by atoms with Gasteiger partial charge < -0.3 is 9.88 Å². The Labute approximate surface area is 119 Å². The lowest BCUT2D eigenvalue weighted by Gasteiger charge is -2.35. The molecule has 2 aliphatic heterocycles. The number of hydrogen-bond acceptors (Lipinski definition) is 3. The van der Waals surface area contributed by atoms with Crippen LogP contribution in [-0.2, 0) is 19.6 Å². The Kier molecular flexibility index (Phi) is 3.05. The van der Waals surface area contributed by atoms with Crippen molar-refractivity contribution in [1.29, 1.82) is 0 Å². The second-order valence-corrected chi connectivity index (χ2v) is 5.69. The average molecular weight is 268 g/mol. The Balaban J connectivity index is 1.65. The third kappa shape index (κ3) is 2.05. The summed E-state index contributed by atoms with van der Waals surface area (Å²) in [5.41, 5.74) is 2.95. The summed E-state index contributed by atoms with van der Waals surface area (Å²) in [6.45, 7) is 5.22. The van der Waals surface area contributed by atoms with Gasteiger partial charge in [-0.2, -0.15) is 0 Å². The SMILES string of the molecule is c1ccc2c(c1)CNCCC2N1CCn2ccnc2C1. The van der Waals surface area contributed by atoms with Crippen LogP contribution in [0.25, 0.3) is 0 Å². The molecule has 0 fully saturated rings. The van der Waals surface area contributed by atoms with Crippen LogP contribution < -0.4 is 5.32 Å². The third-order valence-electron chi connectivity index (χ3n) is 4.54. The van der Waals surface area contributed by atoms with E-state index in [1.165, 1.54) is 23.4 Å². The Morgan fingerprint density at radius 2 is 2.15 bits per heavy atom. The van der Waals surface area contributed by atoms with Gasteiger partial charge in [-0.25, -0.2) is 4.98 Å². The lowest BCUT2D eigenvalue weighted by atomic mass is 9.97. The van der Waals surface area contributed by atoms with Crippen LogP contribution in [0.5, 0.6) is 0 Å². The van der Waals surface area contributed by atoms with E-state index in [2.05, 4.69) is 50.2 Å². The fraction of sp³-hybridized carbons (Fsp3) is 0.438. The number of hydrogen-bond donors (Lipinski definition) is 1. The van der Waals surface area contributed by atoms with Crippen LogP contribution >= 0.6 is 0 Å². The number of nitrogens with zero attached hydrogens (tertiary/aromatic N) is 3. The number of aromatic nitrogens is 2. The normalized spacial score (nSPS) is 22.9. The maximum atomic E-state index is 4.49. The van der Waals surface area contributed by atoms with Crippen LogP contribution in [0.1, 0.15) is 29.4 Å². The molecule has 0 radical (unpaired) electrons.